The maximum Gasteiger partial charge on any atom is 0.492 e. The zero-order valence-corrected chi connectivity index (χ0v) is 20.0. The lowest BCUT2D eigenvalue weighted by Gasteiger charge is -2.22. The number of phosphoric ester groups is 1. The maximum atomic E-state index is 12.6. The van der Waals surface area contributed by atoms with E-state index in [1.165, 1.54) is 16.8 Å². The van der Waals surface area contributed by atoms with Gasteiger partial charge in [-0.3, -0.25) is 23.3 Å². The van der Waals surface area contributed by atoms with Crippen molar-refractivity contribution in [3.8, 4) is 0 Å². The summed E-state index contributed by atoms with van der Waals surface area (Å²) in [5, 5.41) is 20.9. The first-order valence-electron chi connectivity index (χ1n) is 9.03. The second-order valence-electron chi connectivity index (χ2n) is 6.67. The van der Waals surface area contributed by atoms with Crippen LogP contribution in [0, 0.1) is 0 Å². The van der Waals surface area contributed by atoms with Gasteiger partial charge in [-0.05, 0) is 6.07 Å². The highest BCUT2D eigenvalue weighted by atomic mass is 31.3. The first-order chi connectivity index (χ1) is 15.7. The highest BCUT2D eigenvalue weighted by molar-refractivity contribution is 7.67. The molecule has 6 unspecified atom stereocenters. The average Bonchev–Trinajstić information content (AvgIpc) is 3.26. The van der Waals surface area contributed by atoms with Crippen LogP contribution in [0.3, 0.4) is 0 Å². The number of nitrogens with two attached hydrogens (primary N) is 1. The molecule has 2 aromatic heterocycles. The Morgan fingerprint density at radius 1 is 1.15 bits per heavy atom. The van der Waals surface area contributed by atoms with E-state index in [9.17, 15) is 28.7 Å². The highest BCUT2D eigenvalue weighted by Gasteiger charge is 2.48. The average molecular weight is 550 g/mol. The second kappa shape index (κ2) is 9.87. The fourth-order valence-corrected chi connectivity index (χ4v) is 6.80. The van der Waals surface area contributed by atoms with Crippen LogP contribution in [-0.4, -0.2) is 73.7 Å². The van der Waals surface area contributed by atoms with Crippen LogP contribution >= 0.6 is 23.5 Å². The molecule has 34 heavy (non-hydrogen) atoms. The molecular formula is C13H21N4O14P3. The third-order valence-corrected chi connectivity index (χ3v) is 9.07. The van der Waals surface area contributed by atoms with Gasteiger partial charge in [0.2, 0.25) is 5.95 Å². The largest absolute Gasteiger partial charge is 0.492 e. The van der Waals surface area contributed by atoms with E-state index in [2.05, 4.69) is 27.6 Å². The normalized spacial score (nSPS) is 27.0. The Bertz CT molecular complexity index is 1240. The molecule has 0 aromatic carbocycles. The Hall–Kier alpha value is -1.49. The molecule has 7 N–H and O–H groups in total. The monoisotopic (exact) mass is 550 g/mol. The predicted molar refractivity (Wildman–Crippen MR) is 110 cm³/mol. The van der Waals surface area contributed by atoms with Gasteiger partial charge >= 0.3 is 23.5 Å². The fraction of sp³-hybridized carbons (Fsp3) is 0.538. The van der Waals surface area contributed by atoms with E-state index < -0.39 is 60.2 Å². The molecule has 18 nitrogen and oxygen atoms in total. The number of aliphatic hydroxyl groups excluding tert-OH is 2. The van der Waals surface area contributed by atoms with Gasteiger partial charge in [0.15, 0.2) is 11.9 Å². The van der Waals surface area contributed by atoms with Gasteiger partial charge in [-0.15, -0.1) is 0 Å². The van der Waals surface area contributed by atoms with Gasteiger partial charge in [0.25, 0.3) is 5.56 Å². The number of nitrogens with zero attached hydrogens (tertiary/aromatic N) is 2. The van der Waals surface area contributed by atoms with Crippen molar-refractivity contribution in [2.45, 2.75) is 24.5 Å². The Morgan fingerprint density at radius 2 is 1.79 bits per heavy atom. The van der Waals surface area contributed by atoms with E-state index >= 15 is 0 Å². The summed E-state index contributed by atoms with van der Waals surface area (Å²) in [7, 11) is -13.9. The Labute approximate surface area is 190 Å². The van der Waals surface area contributed by atoms with Gasteiger partial charge in [0.1, 0.15) is 18.3 Å². The van der Waals surface area contributed by atoms with Gasteiger partial charge in [0.05, 0.1) is 12.0 Å². The molecule has 1 fully saturated rings. The lowest BCUT2D eigenvalue weighted by Crippen LogP contribution is -2.33. The molecule has 1 aliphatic heterocycles. The number of aromatic nitrogens is 3. The minimum Gasteiger partial charge on any atom is -0.387 e. The number of phosphoric acid groups is 3. The molecule has 0 spiro atoms. The summed E-state index contributed by atoms with van der Waals surface area (Å²) in [5.41, 5.74) is 5.04. The van der Waals surface area contributed by atoms with Crippen LogP contribution in [0.1, 0.15) is 6.23 Å². The SMILES string of the molecule is COP(=O)(OCC1OC(n2ccc3c(=O)[nH]c(N)nc32)C(O)C1O)OP(=O)(OC)OP(=O)(O)O. The number of anilines is 1. The quantitative estimate of drug-likeness (QED) is 0.205. The lowest BCUT2D eigenvalue weighted by atomic mass is 10.1. The topological polar surface area (TPSA) is 264 Å². The van der Waals surface area contributed by atoms with Crippen molar-refractivity contribution in [1.82, 2.24) is 14.5 Å². The molecule has 2 aromatic rings. The molecular weight excluding hydrogens is 529 g/mol. The molecule has 3 rings (SSSR count). The third-order valence-electron chi connectivity index (χ3n) is 4.46. The third kappa shape index (κ3) is 5.83. The Kier molecular flexibility index (Phi) is 7.87. The summed E-state index contributed by atoms with van der Waals surface area (Å²) in [5.74, 6) is -0.205. The number of aliphatic hydroxyl groups is 2. The maximum absolute atomic E-state index is 12.6. The van der Waals surface area contributed by atoms with E-state index in [0.29, 0.717) is 7.11 Å². The van der Waals surface area contributed by atoms with Crippen LogP contribution < -0.4 is 11.3 Å². The molecule has 1 saturated heterocycles. The molecule has 192 valence electrons. The molecule has 0 bridgehead atoms. The summed E-state index contributed by atoms with van der Waals surface area (Å²) in [6, 6.07) is 1.38. The summed E-state index contributed by atoms with van der Waals surface area (Å²) < 4.78 is 64.6. The number of hydrogen-bond acceptors (Lipinski definition) is 14. The number of nitrogen functional groups attached to an aromatic ring is 1. The van der Waals surface area contributed by atoms with Crippen molar-refractivity contribution in [3.63, 3.8) is 0 Å². The standard InChI is InChI=1S/C13H21N4O14P3/c1-26-33(24,31-34(25,27-2)30-32(21,22)23)28-5-7-8(18)9(19)12(29-7)17-4-3-6-10(17)15-13(14)16-11(6)20/h3-4,7-9,12,18-19H,5H2,1-2H3,(H2,21,22,23)(H3,14,15,16,20). The molecule has 3 heterocycles. The minimum absolute atomic E-state index is 0.0422. The van der Waals surface area contributed by atoms with Gasteiger partial charge in [-0.2, -0.15) is 13.6 Å². The second-order valence-corrected chi connectivity index (χ2v) is 11.7. The van der Waals surface area contributed by atoms with Crippen molar-refractivity contribution >= 4 is 40.4 Å². The van der Waals surface area contributed by atoms with E-state index in [1.807, 2.05) is 0 Å². The summed E-state index contributed by atoms with van der Waals surface area (Å²) in [6.45, 7) is -0.797. The zero-order chi connectivity index (χ0) is 25.5. The van der Waals surface area contributed by atoms with Crippen LogP contribution in [-0.2, 0) is 40.6 Å². The molecule has 0 amide bonds. The van der Waals surface area contributed by atoms with Crippen molar-refractivity contribution in [2.75, 3.05) is 26.6 Å². The van der Waals surface area contributed by atoms with Gasteiger partial charge in [0, 0.05) is 20.4 Å². The van der Waals surface area contributed by atoms with E-state index in [4.69, 9.17) is 24.8 Å². The number of H-pyrrole nitrogens is 1. The number of aromatic amines is 1. The summed E-state index contributed by atoms with van der Waals surface area (Å²) in [6.07, 6.45) is -4.53. The molecule has 0 saturated carbocycles. The molecule has 21 heteroatoms. The first-order valence-corrected chi connectivity index (χ1v) is 13.5. The van der Waals surface area contributed by atoms with Crippen molar-refractivity contribution in [3.05, 3.63) is 22.6 Å². The van der Waals surface area contributed by atoms with Crippen LogP contribution in [0.15, 0.2) is 17.1 Å². The molecule has 6 atom stereocenters. The van der Waals surface area contributed by atoms with Crippen LogP contribution in [0.4, 0.5) is 5.95 Å². The Balaban J connectivity index is 1.76. The van der Waals surface area contributed by atoms with E-state index in [0.717, 1.165) is 7.11 Å². The van der Waals surface area contributed by atoms with Crippen molar-refractivity contribution in [1.29, 1.82) is 0 Å². The number of hydrogen-bond donors (Lipinski definition) is 6. The summed E-state index contributed by atoms with van der Waals surface area (Å²) in [4.78, 5) is 35.9. The number of fused-ring (bicyclic) bond motifs is 1. The van der Waals surface area contributed by atoms with Crippen molar-refractivity contribution in [2.24, 2.45) is 0 Å². The van der Waals surface area contributed by atoms with Gasteiger partial charge in [-0.1, -0.05) is 0 Å². The molecule has 0 aliphatic carbocycles. The number of ether oxygens (including phenoxy) is 1. The lowest BCUT2D eigenvalue weighted by molar-refractivity contribution is -0.0506. The van der Waals surface area contributed by atoms with E-state index in [-0.39, 0.29) is 17.0 Å². The fourth-order valence-electron chi connectivity index (χ4n) is 2.97. The number of nitrogens with one attached hydrogen (secondary N) is 1. The van der Waals surface area contributed by atoms with Crippen molar-refractivity contribution < 1.29 is 60.6 Å². The zero-order valence-electron chi connectivity index (χ0n) is 17.4. The highest BCUT2D eigenvalue weighted by Crippen LogP contribution is 2.70. The van der Waals surface area contributed by atoms with Gasteiger partial charge < -0.3 is 35.0 Å². The first kappa shape index (κ1) is 27.1. The minimum atomic E-state index is -5.41. The Morgan fingerprint density at radius 3 is 2.38 bits per heavy atom. The smallest absolute Gasteiger partial charge is 0.387 e. The van der Waals surface area contributed by atoms with Crippen LogP contribution in [0.2, 0.25) is 0 Å². The number of rotatable bonds is 10. The van der Waals surface area contributed by atoms with Gasteiger partial charge in [-0.25, -0.2) is 13.7 Å². The van der Waals surface area contributed by atoms with Crippen LogP contribution in [0.25, 0.3) is 11.0 Å². The predicted octanol–water partition coefficient (Wildman–Crippen LogP) is -0.423. The summed E-state index contributed by atoms with van der Waals surface area (Å²) >= 11 is 0. The van der Waals surface area contributed by atoms with E-state index in [1.54, 1.807) is 0 Å². The van der Waals surface area contributed by atoms with Crippen LogP contribution in [0.5, 0.6) is 0 Å². The molecule has 0 radical (unpaired) electrons. The molecule has 1 aliphatic rings.